The number of carbonyl (C=O) groups excluding carboxylic acids is 2. The van der Waals surface area contributed by atoms with Crippen molar-refractivity contribution in [1.29, 1.82) is 0 Å². The summed E-state index contributed by atoms with van der Waals surface area (Å²) in [6, 6.07) is 20.8. The third kappa shape index (κ3) is 5.38. The number of rotatable bonds is 8. The molecule has 30 heavy (non-hydrogen) atoms. The smallest absolute Gasteiger partial charge is 0.255 e. The van der Waals surface area contributed by atoms with E-state index in [9.17, 15) is 9.59 Å². The summed E-state index contributed by atoms with van der Waals surface area (Å²) >= 11 is 0. The minimum Gasteiger partial charge on any atom is -0.494 e. The zero-order chi connectivity index (χ0) is 21.3. The van der Waals surface area contributed by atoms with E-state index in [-0.39, 0.29) is 11.8 Å². The van der Waals surface area contributed by atoms with Crippen LogP contribution in [-0.2, 0) is 0 Å². The highest BCUT2D eigenvalue weighted by atomic mass is 16.5. The van der Waals surface area contributed by atoms with Crippen LogP contribution in [-0.4, -0.2) is 25.0 Å². The number of amides is 2. The molecule has 0 radical (unpaired) electrons. The summed E-state index contributed by atoms with van der Waals surface area (Å²) in [5.41, 5.74) is 2.00. The van der Waals surface area contributed by atoms with Gasteiger partial charge in [0.25, 0.3) is 11.8 Å². The zero-order valence-corrected chi connectivity index (χ0v) is 17.0. The van der Waals surface area contributed by atoms with Crippen molar-refractivity contribution in [1.82, 2.24) is 0 Å². The summed E-state index contributed by atoms with van der Waals surface area (Å²) in [6.45, 7) is 4.93. The van der Waals surface area contributed by atoms with E-state index < -0.39 is 0 Å². The van der Waals surface area contributed by atoms with Crippen molar-refractivity contribution in [3.63, 3.8) is 0 Å². The van der Waals surface area contributed by atoms with Gasteiger partial charge in [0.1, 0.15) is 11.5 Å². The van der Waals surface area contributed by atoms with Crippen LogP contribution in [0.25, 0.3) is 0 Å². The molecule has 3 aromatic rings. The Morgan fingerprint density at radius 2 is 1.00 bits per heavy atom. The number of ether oxygens (including phenoxy) is 2. The maximum absolute atomic E-state index is 12.6. The maximum Gasteiger partial charge on any atom is 0.255 e. The van der Waals surface area contributed by atoms with E-state index in [1.165, 1.54) is 0 Å². The molecule has 0 fully saturated rings. The lowest BCUT2D eigenvalue weighted by Crippen LogP contribution is -2.16. The molecule has 6 nitrogen and oxygen atoms in total. The SMILES string of the molecule is CCOc1ccc(C(=O)Nc2ccccc2NC(=O)c2ccc(OCC)cc2)cc1. The van der Waals surface area contributed by atoms with Crippen LogP contribution in [0.15, 0.2) is 72.8 Å². The molecule has 0 atom stereocenters. The average Bonchev–Trinajstić information content (AvgIpc) is 2.76. The van der Waals surface area contributed by atoms with Crippen molar-refractivity contribution in [2.45, 2.75) is 13.8 Å². The minimum absolute atomic E-state index is 0.277. The van der Waals surface area contributed by atoms with Gasteiger partial charge in [-0.25, -0.2) is 0 Å². The molecule has 0 aliphatic carbocycles. The first-order chi connectivity index (χ1) is 14.6. The Balaban J connectivity index is 1.70. The van der Waals surface area contributed by atoms with Gasteiger partial charge in [-0.2, -0.15) is 0 Å². The third-order valence-corrected chi connectivity index (χ3v) is 4.28. The Morgan fingerprint density at radius 3 is 1.33 bits per heavy atom. The van der Waals surface area contributed by atoms with Crippen LogP contribution < -0.4 is 20.1 Å². The predicted molar refractivity (Wildman–Crippen MR) is 118 cm³/mol. The van der Waals surface area contributed by atoms with E-state index in [1.807, 2.05) is 13.8 Å². The van der Waals surface area contributed by atoms with Gasteiger partial charge < -0.3 is 20.1 Å². The second-order valence-corrected chi connectivity index (χ2v) is 6.37. The van der Waals surface area contributed by atoms with Crippen molar-refractivity contribution in [3.8, 4) is 11.5 Å². The predicted octanol–water partition coefficient (Wildman–Crippen LogP) is 4.99. The van der Waals surface area contributed by atoms with Gasteiger partial charge in [0.2, 0.25) is 0 Å². The molecule has 0 aliphatic rings. The summed E-state index contributed by atoms with van der Waals surface area (Å²) < 4.78 is 10.8. The highest BCUT2D eigenvalue weighted by molar-refractivity contribution is 6.10. The Bertz CT molecular complexity index is 916. The summed E-state index contributed by atoms with van der Waals surface area (Å²) in [7, 11) is 0. The zero-order valence-electron chi connectivity index (χ0n) is 17.0. The van der Waals surface area contributed by atoms with Crippen LogP contribution in [0.3, 0.4) is 0 Å². The Morgan fingerprint density at radius 1 is 0.633 bits per heavy atom. The summed E-state index contributed by atoms with van der Waals surface area (Å²) in [5, 5.41) is 5.69. The van der Waals surface area contributed by atoms with Crippen LogP contribution in [0, 0.1) is 0 Å². The molecule has 6 heteroatoms. The first-order valence-electron chi connectivity index (χ1n) is 9.78. The Kier molecular flexibility index (Phi) is 7.05. The molecule has 0 unspecified atom stereocenters. The van der Waals surface area contributed by atoms with Crippen LogP contribution in [0.1, 0.15) is 34.6 Å². The molecule has 2 N–H and O–H groups in total. The second kappa shape index (κ2) is 10.1. The van der Waals surface area contributed by atoms with Gasteiger partial charge in [-0.15, -0.1) is 0 Å². The van der Waals surface area contributed by atoms with E-state index in [0.29, 0.717) is 47.2 Å². The number of anilines is 2. The van der Waals surface area contributed by atoms with Crippen LogP contribution in [0.2, 0.25) is 0 Å². The van der Waals surface area contributed by atoms with Crippen molar-refractivity contribution >= 4 is 23.2 Å². The molecule has 154 valence electrons. The fourth-order valence-corrected chi connectivity index (χ4v) is 2.83. The van der Waals surface area contributed by atoms with E-state index in [2.05, 4.69) is 10.6 Å². The van der Waals surface area contributed by atoms with Crippen LogP contribution >= 0.6 is 0 Å². The monoisotopic (exact) mass is 404 g/mol. The van der Waals surface area contributed by atoms with Gasteiger partial charge >= 0.3 is 0 Å². The quantitative estimate of drug-likeness (QED) is 0.555. The third-order valence-electron chi connectivity index (χ3n) is 4.28. The van der Waals surface area contributed by atoms with E-state index in [1.54, 1.807) is 72.8 Å². The Labute approximate surface area is 175 Å². The molecule has 0 spiro atoms. The second-order valence-electron chi connectivity index (χ2n) is 6.37. The van der Waals surface area contributed by atoms with Gasteiger partial charge in [0, 0.05) is 11.1 Å². The number of carbonyl (C=O) groups is 2. The van der Waals surface area contributed by atoms with Gasteiger partial charge in [-0.05, 0) is 74.5 Å². The Hall–Kier alpha value is -3.80. The summed E-state index contributed by atoms with van der Waals surface area (Å²) in [4.78, 5) is 25.2. The molecular formula is C24H24N2O4. The summed E-state index contributed by atoms with van der Waals surface area (Å²) in [5.74, 6) is 0.857. The maximum atomic E-state index is 12.6. The van der Waals surface area contributed by atoms with Gasteiger partial charge in [0.15, 0.2) is 0 Å². The molecule has 2 amide bonds. The number of benzene rings is 3. The summed E-state index contributed by atoms with van der Waals surface area (Å²) in [6.07, 6.45) is 0. The van der Waals surface area contributed by atoms with E-state index in [0.717, 1.165) is 0 Å². The number of hydrogen-bond donors (Lipinski definition) is 2. The van der Waals surface area contributed by atoms with Crippen molar-refractivity contribution in [3.05, 3.63) is 83.9 Å². The highest BCUT2D eigenvalue weighted by Crippen LogP contribution is 2.23. The van der Waals surface area contributed by atoms with E-state index >= 15 is 0 Å². The van der Waals surface area contributed by atoms with Gasteiger partial charge in [0.05, 0.1) is 24.6 Å². The molecule has 0 aliphatic heterocycles. The average molecular weight is 404 g/mol. The first kappa shape index (κ1) is 20.9. The first-order valence-corrected chi connectivity index (χ1v) is 9.78. The standard InChI is InChI=1S/C24H24N2O4/c1-3-29-19-13-9-17(10-14-19)23(27)25-21-7-5-6-8-22(21)26-24(28)18-11-15-20(16-12-18)30-4-2/h5-16H,3-4H2,1-2H3,(H,25,27)(H,26,28). The molecule has 3 aromatic carbocycles. The number of para-hydroxylation sites is 2. The van der Waals surface area contributed by atoms with Crippen molar-refractivity contribution in [2.24, 2.45) is 0 Å². The largest absolute Gasteiger partial charge is 0.494 e. The number of nitrogens with one attached hydrogen (secondary N) is 2. The van der Waals surface area contributed by atoms with Gasteiger partial charge in [-0.3, -0.25) is 9.59 Å². The fourth-order valence-electron chi connectivity index (χ4n) is 2.83. The molecule has 0 bridgehead atoms. The molecule has 0 saturated heterocycles. The molecule has 0 heterocycles. The molecule has 0 saturated carbocycles. The lowest BCUT2D eigenvalue weighted by Gasteiger charge is -2.13. The lowest BCUT2D eigenvalue weighted by molar-refractivity contribution is 0.101. The number of hydrogen-bond acceptors (Lipinski definition) is 4. The molecular weight excluding hydrogens is 380 g/mol. The minimum atomic E-state index is -0.277. The fraction of sp³-hybridized carbons (Fsp3) is 0.167. The van der Waals surface area contributed by atoms with Crippen LogP contribution in [0.4, 0.5) is 11.4 Å². The van der Waals surface area contributed by atoms with Crippen LogP contribution in [0.5, 0.6) is 11.5 Å². The van der Waals surface area contributed by atoms with Crippen molar-refractivity contribution in [2.75, 3.05) is 23.8 Å². The topological polar surface area (TPSA) is 76.7 Å². The highest BCUT2D eigenvalue weighted by Gasteiger charge is 2.12. The lowest BCUT2D eigenvalue weighted by atomic mass is 10.1. The molecule has 3 rings (SSSR count). The van der Waals surface area contributed by atoms with E-state index in [4.69, 9.17) is 9.47 Å². The molecule has 0 aromatic heterocycles. The van der Waals surface area contributed by atoms with Gasteiger partial charge in [-0.1, -0.05) is 12.1 Å². The normalized spacial score (nSPS) is 10.2. The van der Waals surface area contributed by atoms with Crippen molar-refractivity contribution < 1.29 is 19.1 Å².